The molecule has 2 rings (SSSR count). The predicted octanol–water partition coefficient (Wildman–Crippen LogP) is 3.96. The largest absolute Gasteiger partial charge is 0.322 e. The van der Waals surface area contributed by atoms with E-state index in [4.69, 9.17) is 11.6 Å². The first-order chi connectivity index (χ1) is 9.31. The van der Waals surface area contributed by atoms with Crippen molar-refractivity contribution >= 4 is 39.1 Å². The number of piperidine rings is 1. The number of benzene rings is 1. The number of carbonyl (C=O) groups excluding carboxylic acids is 1. The van der Waals surface area contributed by atoms with Gasteiger partial charge in [-0.25, -0.2) is 4.39 Å². The van der Waals surface area contributed by atoms with E-state index in [0.29, 0.717) is 10.2 Å². The maximum Gasteiger partial charge on any atom is 0.242 e. The molecule has 0 saturated carbocycles. The van der Waals surface area contributed by atoms with Crippen LogP contribution >= 0.6 is 27.5 Å². The Bertz CT molecular complexity index is 513. The maximum absolute atomic E-state index is 13.2. The van der Waals surface area contributed by atoms with Gasteiger partial charge in [-0.3, -0.25) is 4.79 Å². The fourth-order valence-corrected chi connectivity index (χ4v) is 3.41. The summed E-state index contributed by atoms with van der Waals surface area (Å²) < 4.78 is 13.6. The molecule has 1 fully saturated rings. The summed E-state index contributed by atoms with van der Waals surface area (Å²) in [5.74, 6) is -0.597. The van der Waals surface area contributed by atoms with Gasteiger partial charge in [0.15, 0.2) is 0 Å². The van der Waals surface area contributed by atoms with Crippen LogP contribution in [0.1, 0.15) is 26.7 Å². The van der Waals surface area contributed by atoms with E-state index in [0.717, 1.165) is 19.4 Å². The zero-order valence-electron chi connectivity index (χ0n) is 11.4. The van der Waals surface area contributed by atoms with Crippen LogP contribution in [0.15, 0.2) is 16.6 Å². The molecule has 1 unspecified atom stereocenters. The van der Waals surface area contributed by atoms with Crippen molar-refractivity contribution in [3.63, 3.8) is 0 Å². The van der Waals surface area contributed by atoms with E-state index in [2.05, 4.69) is 40.4 Å². The number of rotatable bonds is 2. The number of amides is 1. The van der Waals surface area contributed by atoms with E-state index < -0.39 is 5.82 Å². The molecule has 1 aromatic rings. The van der Waals surface area contributed by atoms with E-state index in [1.807, 2.05) is 0 Å². The number of hydrogen-bond donors (Lipinski definition) is 2. The van der Waals surface area contributed by atoms with E-state index in [-0.39, 0.29) is 22.4 Å². The minimum absolute atomic E-state index is 0.124. The van der Waals surface area contributed by atoms with Crippen molar-refractivity contribution in [2.45, 2.75) is 32.7 Å². The van der Waals surface area contributed by atoms with Crippen molar-refractivity contribution in [2.24, 2.45) is 5.41 Å². The zero-order chi connectivity index (χ0) is 14.9. The molecule has 2 N–H and O–H groups in total. The first-order valence-corrected chi connectivity index (χ1v) is 7.67. The van der Waals surface area contributed by atoms with Crippen molar-refractivity contribution in [3.05, 3.63) is 27.4 Å². The molecule has 0 bridgehead atoms. The monoisotopic (exact) mass is 362 g/mol. The molecule has 1 aromatic carbocycles. The third kappa shape index (κ3) is 3.32. The molecule has 110 valence electrons. The molecule has 0 spiro atoms. The average Bonchev–Trinajstić information content (AvgIpc) is 2.32. The second-order valence-electron chi connectivity index (χ2n) is 5.71. The normalized spacial score (nSPS) is 21.6. The quantitative estimate of drug-likeness (QED) is 0.835. The van der Waals surface area contributed by atoms with Crippen molar-refractivity contribution in [1.82, 2.24) is 5.32 Å². The topological polar surface area (TPSA) is 41.1 Å². The number of carbonyl (C=O) groups is 1. The Morgan fingerprint density at radius 3 is 2.85 bits per heavy atom. The Hall–Kier alpha value is -0.650. The van der Waals surface area contributed by atoms with Gasteiger partial charge in [-0.1, -0.05) is 25.4 Å². The van der Waals surface area contributed by atoms with Gasteiger partial charge in [-0.05, 0) is 52.9 Å². The van der Waals surface area contributed by atoms with E-state index in [1.165, 1.54) is 12.1 Å². The lowest BCUT2D eigenvalue weighted by Gasteiger charge is -2.38. The summed E-state index contributed by atoms with van der Waals surface area (Å²) in [5, 5.41) is 6.20. The van der Waals surface area contributed by atoms with Crippen LogP contribution in [0, 0.1) is 11.2 Å². The summed E-state index contributed by atoms with van der Waals surface area (Å²) in [7, 11) is 0. The molecule has 0 aromatic heterocycles. The highest BCUT2D eigenvalue weighted by Crippen LogP contribution is 2.34. The van der Waals surface area contributed by atoms with Crippen molar-refractivity contribution < 1.29 is 9.18 Å². The second kappa shape index (κ2) is 6.00. The van der Waals surface area contributed by atoms with Crippen LogP contribution in [0.5, 0.6) is 0 Å². The molecular weight excluding hydrogens is 347 g/mol. The Morgan fingerprint density at radius 2 is 2.25 bits per heavy atom. The lowest BCUT2D eigenvalue weighted by molar-refractivity contribution is -0.121. The molecule has 1 aliphatic heterocycles. The highest BCUT2D eigenvalue weighted by atomic mass is 79.9. The fourth-order valence-electron chi connectivity index (χ4n) is 2.52. The van der Waals surface area contributed by atoms with Crippen molar-refractivity contribution in [3.8, 4) is 0 Å². The summed E-state index contributed by atoms with van der Waals surface area (Å²) in [4.78, 5) is 12.4. The van der Waals surface area contributed by atoms with Gasteiger partial charge < -0.3 is 10.6 Å². The Labute approximate surface area is 131 Å². The van der Waals surface area contributed by atoms with Crippen molar-refractivity contribution in [1.29, 1.82) is 0 Å². The molecule has 1 heterocycles. The predicted molar refractivity (Wildman–Crippen MR) is 82.5 cm³/mol. The molecule has 1 saturated heterocycles. The third-order valence-corrected chi connectivity index (χ3v) is 4.57. The van der Waals surface area contributed by atoms with Crippen LogP contribution in [-0.4, -0.2) is 18.5 Å². The molecule has 1 amide bonds. The smallest absolute Gasteiger partial charge is 0.242 e. The van der Waals surface area contributed by atoms with Gasteiger partial charge >= 0.3 is 0 Å². The van der Waals surface area contributed by atoms with Crippen LogP contribution < -0.4 is 10.6 Å². The number of halogens is 3. The number of anilines is 1. The average molecular weight is 364 g/mol. The van der Waals surface area contributed by atoms with Crippen LogP contribution in [0.3, 0.4) is 0 Å². The second-order valence-corrected chi connectivity index (χ2v) is 6.97. The summed E-state index contributed by atoms with van der Waals surface area (Å²) in [5.41, 5.74) is 0.280. The highest BCUT2D eigenvalue weighted by Gasteiger charge is 2.37. The first kappa shape index (κ1) is 15.7. The summed E-state index contributed by atoms with van der Waals surface area (Å²) >= 11 is 9.20. The molecule has 1 aliphatic rings. The molecule has 20 heavy (non-hydrogen) atoms. The lowest BCUT2D eigenvalue weighted by atomic mass is 9.77. The molecule has 1 atom stereocenters. The van der Waals surface area contributed by atoms with Gasteiger partial charge in [0, 0.05) is 4.47 Å². The van der Waals surface area contributed by atoms with Crippen LogP contribution in [-0.2, 0) is 4.79 Å². The van der Waals surface area contributed by atoms with Gasteiger partial charge in [0.1, 0.15) is 5.82 Å². The van der Waals surface area contributed by atoms with Crippen molar-refractivity contribution in [2.75, 3.05) is 11.9 Å². The Morgan fingerprint density at radius 1 is 1.55 bits per heavy atom. The summed E-state index contributed by atoms with van der Waals surface area (Å²) in [6, 6.07) is 2.17. The minimum atomic E-state index is -0.448. The zero-order valence-corrected chi connectivity index (χ0v) is 13.7. The molecule has 0 aliphatic carbocycles. The van der Waals surface area contributed by atoms with Gasteiger partial charge in [-0.15, -0.1) is 0 Å². The van der Waals surface area contributed by atoms with Gasteiger partial charge in [0.05, 0.1) is 16.8 Å². The maximum atomic E-state index is 13.2. The van der Waals surface area contributed by atoms with E-state index in [1.54, 1.807) is 0 Å². The lowest BCUT2D eigenvalue weighted by Crippen LogP contribution is -2.53. The molecule has 0 radical (unpaired) electrons. The van der Waals surface area contributed by atoms with Crippen LogP contribution in [0.2, 0.25) is 5.02 Å². The molecule has 3 nitrogen and oxygen atoms in total. The SMILES string of the molecule is CC1(C)CCCNC1C(=O)Nc1c(Cl)cc(F)cc1Br. The molecular formula is C14H17BrClFN2O. The van der Waals surface area contributed by atoms with Gasteiger partial charge in [0.25, 0.3) is 0 Å². The number of nitrogens with one attached hydrogen (secondary N) is 2. The third-order valence-electron chi connectivity index (χ3n) is 3.65. The van der Waals surface area contributed by atoms with Gasteiger partial charge in [-0.2, -0.15) is 0 Å². The molecule has 6 heteroatoms. The number of hydrogen-bond acceptors (Lipinski definition) is 2. The van der Waals surface area contributed by atoms with E-state index >= 15 is 0 Å². The first-order valence-electron chi connectivity index (χ1n) is 6.50. The van der Waals surface area contributed by atoms with E-state index in [9.17, 15) is 9.18 Å². The highest BCUT2D eigenvalue weighted by molar-refractivity contribution is 9.10. The summed E-state index contributed by atoms with van der Waals surface area (Å²) in [6.45, 7) is 4.94. The van der Waals surface area contributed by atoms with Gasteiger partial charge in [0.2, 0.25) is 5.91 Å². The Balaban J connectivity index is 2.20. The summed E-state index contributed by atoms with van der Waals surface area (Å²) in [6.07, 6.45) is 2.04. The fraction of sp³-hybridized carbons (Fsp3) is 0.500. The van der Waals surface area contributed by atoms with Crippen LogP contribution in [0.25, 0.3) is 0 Å². The van der Waals surface area contributed by atoms with Crippen LogP contribution in [0.4, 0.5) is 10.1 Å². The standard InChI is InChI=1S/C14H17BrClFN2O/c1-14(2)4-3-5-18-12(14)13(20)19-11-9(15)6-8(17)7-10(11)16/h6-7,12,18H,3-5H2,1-2H3,(H,19,20). The Kier molecular flexibility index (Phi) is 4.72. The minimum Gasteiger partial charge on any atom is -0.322 e.